The van der Waals surface area contributed by atoms with Crippen LogP contribution in [0.3, 0.4) is 0 Å². The number of ketones is 11. The van der Waals surface area contributed by atoms with Crippen molar-refractivity contribution < 1.29 is 67.1 Å². The minimum Gasteiger partial charge on any atom is -0.383 e. The third-order valence-electron chi connectivity index (χ3n) is 19.4. The number of Topliss-reactive ketones (excluding diaryl/α,β-unsaturated/α-hetero) is 8. The van der Waals surface area contributed by atoms with E-state index in [1.54, 1.807) is 36.3 Å². The molecule has 3 aliphatic rings. The summed E-state index contributed by atoms with van der Waals surface area (Å²) in [7, 11) is 7.77. The third-order valence-corrected chi connectivity index (χ3v) is 19.4. The molecule has 3 fully saturated rings. The van der Waals surface area contributed by atoms with Gasteiger partial charge in [0.2, 0.25) is 35.1 Å². The van der Waals surface area contributed by atoms with E-state index in [-0.39, 0.29) is 104 Å². The van der Waals surface area contributed by atoms with Crippen molar-refractivity contribution in [1.29, 1.82) is 0 Å². The first-order valence-electron chi connectivity index (χ1n) is 52.6. The second-order valence-corrected chi connectivity index (χ2v) is 44.2. The summed E-state index contributed by atoms with van der Waals surface area (Å²) in [6.07, 6.45) is 44.0. The van der Waals surface area contributed by atoms with Crippen LogP contribution in [0.4, 0.5) is 0 Å². The Balaban J connectivity index is -0.000000167. The van der Waals surface area contributed by atoms with Crippen molar-refractivity contribution in [3.05, 3.63) is 84.2 Å². The van der Waals surface area contributed by atoms with Crippen LogP contribution in [0.2, 0.25) is 0 Å². The lowest BCUT2D eigenvalue weighted by atomic mass is 9.91. The number of likely N-dealkylation sites (N-methyl/N-ethyl adjacent to an activating group) is 1. The second kappa shape index (κ2) is 91.8. The summed E-state index contributed by atoms with van der Waals surface area (Å²) in [5, 5.41) is 9.04. The molecule has 2 atom stereocenters. The fourth-order valence-electron chi connectivity index (χ4n) is 12.0. The standard InChI is InChI=1S/C12H23NO.C12H22O.C11H18N2O2.C10H19NO.C10H14O.2C9H17NO.2C9H16O.C9H14O.C8H12O.C7H14O.C7H10O/c1-7-12(5,6)13-11(14)10(4)8-9(2)3;1-9(2)7-11(13)10(3)8-12(4,5)6;1-4-10(14)13-7-5-6-9(13)11(15)12-8(2)3;1-9(2)8-10(12)6-5-7-11(3)4;1-4-10(5-6-10)9(11)7-8(2)3;1-7(2)6-9(11)8-4-3-5-10-8;1-8(2)7-9(11)5-6-10(3)4;1-5-8(4)9(10)6-7(2)3;2*1-4-5-6-9(10)7-8(2)3;1-4-5-8(9)6-7(2)3;2*1-4-7(8)5-6(2)3/h8-9H,7H2,1-6H3,(H,13,14);8-9H,7H2,1-6H3;4,8-9H,1,5-7H2,2-3H3,(H,12,15);5-6,9H,7-8H2,1-4H3;1,8H,5-7H2,2-3H3;7-8,10H,3-6H2,1-2H3;5-6,8H,7H2,1-4H3;5,7H,6H2,1-4H3;5-6,8H,4,7H2,1-3H3;8H,4,7H2,1-3H3;7H,6H2,1-3H3;6H,4-5H2,1-3H3;1,6H,5H2,2-3H3/b2*10-8+;;6-5+;;;6-5+;8-5+;6-5+;;;;. The average molecular weight is 1990 g/mol. The van der Waals surface area contributed by atoms with Crippen LogP contribution < -0.4 is 16.0 Å². The van der Waals surface area contributed by atoms with Crippen molar-refractivity contribution in [2.45, 2.75) is 435 Å². The minimum absolute atomic E-state index is 0.0468. The molecule has 1 aliphatic carbocycles. The van der Waals surface area contributed by atoms with Gasteiger partial charge in [-0.1, -0.05) is 269 Å². The molecule has 2 aliphatic heterocycles. The zero-order chi connectivity index (χ0) is 113. The molecule has 0 aromatic rings. The van der Waals surface area contributed by atoms with Crippen LogP contribution in [0.15, 0.2) is 84.2 Å². The Hall–Kier alpha value is -9.08. The van der Waals surface area contributed by atoms with Gasteiger partial charge in [0.05, 0.1) is 11.5 Å². The van der Waals surface area contributed by atoms with E-state index in [1.807, 2.05) is 208 Å². The summed E-state index contributed by atoms with van der Waals surface area (Å²) >= 11 is 0. The molecule has 0 radical (unpaired) electrons. The SMILES string of the molecule is C#CC(=O)CC(C)C.C#CC1(C(=O)CC(C)C)CC1.C/C(=C\C(C)(C)C)C(=O)CC(C)C.C/C=C(\C)C(=O)CC(C)C.C=CC(=O)N1CCCC1C(=O)NC(C)C.CC#CC(=O)CC(C)C.CC(C)CC(=O)/C=C/CN(C)C.CC(C)CC(=O)/C=C/N(C)C.CC(C)CC(=O)C1CCCN1.CC/C=C/C(=O)CC(C)C.CCC#CC(=O)CC(C)C.CCC(=O)CC(C)C.CCC(C)(C)NC(=O)/C(C)=C/C(C)C. The van der Waals surface area contributed by atoms with Crippen LogP contribution in [-0.4, -0.2) is 168 Å². The maximum Gasteiger partial charge on any atom is 0.247 e. The van der Waals surface area contributed by atoms with Gasteiger partial charge in [-0.05, 0) is 264 Å². The lowest BCUT2D eigenvalue weighted by Crippen LogP contribution is -2.47. The monoisotopic (exact) mass is 1990 g/mol. The van der Waals surface area contributed by atoms with Gasteiger partial charge in [-0.25, -0.2) is 0 Å². The predicted molar refractivity (Wildman–Crippen MR) is 603 cm³/mol. The van der Waals surface area contributed by atoms with Crippen LogP contribution in [0, 0.1) is 130 Å². The Bertz CT molecular complexity index is 3990. The van der Waals surface area contributed by atoms with E-state index in [2.05, 4.69) is 189 Å². The van der Waals surface area contributed by atoms with Crippen molar-refractivity contribution in [2.24, 2.45) is 81.8 Å². The van der Waals surface area contributed by atoms with E-state index in [9.17, 15) is 67.1 Å². The summed E-state index contributed by atoms with van der Waals surface area (Å²) in [5.74, 6) is 22.7. The number of carbonyl (C=O) groups excluding carboxylic acids is 14. The molecule has 2 heterocycles. The van der Waals surface area contributed by atoms with E-state index in [1.165, 1.54) is 6.08 Å². The summed E-state index contributed by atoms with van der Waals surface area (Å²) < 4.78 is 0. The van der Waals surface area contributed by atoms with Crippen LogP contribution in [0.25, 0.3) is 0 Å². The number of amides is 3. The summed E-state index contributed by atoms with van der Waals surface area (Å²) in [6, 6.07) is -0.0194. The van der Waals surface area contributed by atoms with Crippen molar-refractivity contribution in [2.75, 3.05) is 47.8 Å². The topological polar surface area (TPSA) is 285 Å². The summed E-state index contributed by atoms with van der Waals surface area (Å²) in [4.78, 5) is 161. The zero-order valence-corrected chi connectivity index (χ0v) is 98.8. The first kappa shape index (κ1) is 153. The lowest BCUT2D eigenvalue weighted by molar-refractivity contribution is -0.135. The molecule has 0 aromatic carbocycles. The molecule has 0 aromatic heterocycles. The minimum atomic E-state index is -0.329. The Morgan fingerprint density at radius 2 is 0.944 bits per heavy atom. The highest BCUT2D eigenvalue weighted by Crippen LogP contribution is 2.47. The highest BCUT2D eigenvalue weighted by molar-refractivity contribution is 5.98. The van der Waals surface area contributed by atoms with Crippen molar-refractivity contribution >= 4 is 81.3 Å². The number of nitrogens with zero attached hydrogens (tertiary/aromatic N) is 3. The van der Waals surface area contributed by atoms with Gasteiger partial charge in [-0.2, -0.15) is 0 Å². The van der Waals surface area contributed by atoms with Gasteiger partial charge in [-0.3, -0.25) is 67.1 Å². The smallest absolute Gasteiger partial charge is 0.247 e. The lowest BCUT2D eigenvalue weighted by Gasteiger charge is -2.24. The molecule has 1 saturated carbocycles. The van der Waals surface area contributed by atoms with Crippen LogP contribution in [0.5, 0.6) is 0 Å². The van der Waals surface area contributed by atoms with Gasteiger partial charge < -0.3 is 30.7 Å². The average Bonchev–Trinajstić information content (AvgIpc) is 1.64. The van der Waals surface area contributed by atoms with E-state index in [0.717, 1.165) is 100 Å². The van der Waals surface area contributed by atoms with Crippen molar-refractivity contribution in [3.63, 3.8) is 0 Å². The molecular formula is C122H212N6O14. The summed E-state index contributed by atoms with van der Waals surface area (Å²) in [6.45, 7) is 86.4. The van der Waals surface area contributed by atoms with E-state index < -0.39 is 0 Å². The highest BCUT2D eigenvalue weighted by Gasteiger charge is 2.47. The highest BCUT2D eigenvalue weighted by atomic mass is 16.2. The number of allylic oxidation sites excluding steroid dienone is 9. The molecule has 0 bridgehead atoms. The van der Waals surface area contributed by atoms with Crippen LogP contribution in [-0.2, 0) is 67.1 Å². The van der Waals surface area contributed by atoms with Gasteiger partial charge in [0.25, 0.3) is 0 Å². The Morgan fingerprint density at radius 3 is 1.26 bits per heavy atom. The largest absolute Gasteiger partial charge is 0.383 e. The predicted octanol–water partition coefficient (Wildman–Crippen LogP) is 26.0. The number of carbonyl (C=O) groups is 14. The number of nitrogens with one attached hydrogen (secondary N) is 3. The van der Waals surface area contributed by atoms with Gasteiger partial charge in [-0.15, -0.1) is 12.8 Å². The normalized spacial score (nSPS) is 13.8. The number of rotatable bonds is 41. The fraction of sp³-hybridized carbons (Fsp3) is 0.705. The molecule has 3 N–H and O–H groups in total. The molecule has 2 saturated heterocycles. The first-order valence-corrected chi connectivity index (χ1v) is 52.6. The number of hydrogen-bond acceptors (Lipinski definition) is 17. The molecule has 3 rings (SSSR count). The van der Waals surface area contributed by atoms with Gasteiger partial charge in [0.15, 0.2) is 34.7 Å². The van der Waals surface area contributed by atoms with Crippen LogP contribution >= 0.6 is 0 Å². The molecule has 2 unspecified atom stereocenters. The molecular weight excluding hydrogens is 1770 g/mol. The first-order chi connectivity index (χ1) is 65.3. The van der Waals surface area contributed by atoms with Gasteiger partial charge in [0, 0.05) is 134 Å². The number of hydrogen-bond donors (Lipinski definition) is 3. The Kier molecular flexibility index (Phi) is 99.0. The third kappa shape index (κ3) is 111. The Morgan fingerprint density at radius 1 is 0.521 bits per heavy atom. The van der Waals surface area contributed by atoms with E-state index in [4.69, 9.17) is 12.8 Å². The number of likely N-dealkylation sites (tertiary alicyclic amines) is 1. The zero-order valence-electron chi connectivity index (χ0n) is 98.8. The molecule has 20 nitrogen and oxygen atoms in total. The van der Waals surface area contributed by atoms with Gasteiger partial charge >= 0.3 is 0 Å². The number of terminal acetylenes is 2. The molecule has 3 amide bonds. The fourth-order valence-corrected chi connectivity index (χ4v) is 12.0. The Labute approximate surface area is 871 Å². The van der Waals surface area contributed by atoms with Crippen molar-refractivity contribution in [3.8, 4) is 48.4 Å². The van der Waals surface area contributed by atoms with E-state index >= 15 is 0 Å². The van der Waals surface area contributed by atoms with Gasteiger partial charge in [0.1, 0.15) is 17.6 Å². The maximum atomic E-state index is 11.7. The molecule has 20 heteroatoms. The molecule has 142 heavy (non-hydrogen) atoms. The quantitative estimate of drug-likeness (QED) is 0.0291. The second-order valence-electron chi connectivity index (χ2n) is 44.2. The maximum absolute atomic E-state index is 11.7. The molecule has 0 spiro atoms. The van der Waals surface area contributed by atoms with Crippen LogP contribution in [0.1, 0.15) is 412 Å². The van der Waals surface area contributed by atoms with Crippen molar-refractivity contribution in [1.82, 2.24) is 30.7 Å². The van der Waals surface area contributed by atoms with E-state index in [0.29, 0.717) is 153 Å². The molecule has 814 valence electrons. The summed E-state index contributed by atoms with van der Waals surface area (Å²) in [5.41, 5.74) is 2.26.